The molecular formula is C25H25F3N2O4. The number of hydrogen-bond acceptors (Lipinski definition) is 4. The molecule has 2 amide bonds. The van der Waals surface area contributed by atoms with Gasteiger partial charge in [0.25, 0.3) is 5.91 Å². The fraction of sp³-hybridized carbons (Fsp3) is 0.400. The van der Waals surface area contributed by atoms with Gasteiger partial charge in [-0.1, -0.05) is 44.2 Å². The van der Waals surface area contributed by atoms with Crippen molar-refractivity contribution in [2.45, 2.75) is 57.8 Å². The molecule has 1 unspecified atom stereocenters. The summed E-state index contributed by atoms with van der Waals surface area (Å²) in [6.45, 7) is 3.25. The third-order valence-corrected chi connectivity index (χ3v) is 6.25. The molecule has 0 saturated carbocycles. The molecule has 0 spiro atoms. The predicted octanol–water partition coefficient (Wildman–Crippen LogP) is 4.32. The highest BCUT2D eigenvalue weighted by molar-refractivity contribution is 6.13. The van der Waals surface area contributed by atoms with Crippen molar-refractivity contribution in [3.8, 4) is 0 Å². The Labute approximate surface area is 194 Å². The van der Waals surface area contributed by atoms with Gasteiger partial charge in [-0.15, -0.1) is 0 Å². The summed E-state index contributed by atoms with van der Waals surface area (Å²) in [6.07, 6.45) is -4.03. The van der Waals surface area contributed by atoms with Crippen LogP contribution in [0.25, 0.3) is 0 Å². The average molecular weight is 474 g/mol. The van der Waals surface area contributed by atoms with Crippen LogP contribution in [0.2, 0.25) is 0 Å². The maximum absolute atomic E-state index is 14.7. The van der Waals surface area contributed by atoms with Crippen molar-refractivity contribution in [1.82, 2.24) is 10.2 Å². The minimum absolute atomic E-state index is 0.0108. The van der Waals surface area contributed by atoms with Crippen LogP contribution < -0.4 is 5.32 Å². The molecule has 4 rings (SSSR count). The number of furan rings is 1. The van der Waals surface area contributed by atoms with Crippen LogP contribution >= 0.6 is 0 Å². The smallest absolute Gasteiger partial charge is 0.425 e. The van der Waals surface area contributed by atoms with Gasteiger partial charge in [-0.25, -0.2) is 0 Å². The van der Waals surface area contributed by atoms with Crippen molar-refractivity contribution in [1.29, 1.82) is 0 Å². The molecule has 2 heterocycles. The molecule has 1 N–H and O–H groups in total. The van der Waals surface area contributed by atoms with Crippen LogP contribution in [0.3, 0.4) is 0 Å². The molecule has 1 aliphatic carbocycles. The number of allylic oxidation sites excluding steroid dienone is 1. The molecule has 1 atom stereocenters. The monoisotopic (exact) mass is 474 g/mol. The Kier molecular flexibility index (Phi) is 5.91. The average Bonchev–Trinajstić information content (AvgIpc) is 3.33. The number of nitrogens with zero attached hydrogens (tertiary/aromatic N) is 1. The fourth-order valence-electron chi connectivity index (χ4n) is 4.73. The third-order valence-electron chi connectivity index (χ3n) is 6.25. The van der Waals surface area contributed by atoms with Crippen LogP contribution in [0.15, 0.2) is 64.4 Å². The Morgan fingerprint density at radius 3 is 2.41 bits per heavy atom. The zero-order valence-electron chi connectivity index (χ0n) is 18.9. The summed E-state index contributed by atoms with van der Waals surface area (Å²) < 4.78 is 49.4. The second-order valence-corrected chi connectivity index (χ2v) is 9.51. The minimum atomic E-state index is -5.22. The fourth-order valence-corrected chi connectivity index (χ4v) is 4.73. The first-order valence-electron chi connectivity index (χ1n) is 11.0. The van der Waals surface area contributed by atoms with Crippen LogP contribution in [0.5, 0.6) is 0 Å². The van der Waals surface area contributed by atoms with Gasteiger partial charge in [0.1, 0.15) is 5.76 Å². The van der Waals surface area contributed by atoms with Crippen LogP contribution in [-0.4, -0.2) is 34.2 Å². The Hall–Kier alpha value is -3.36. The Morgan fingerprint density at radius 1 is 1.09 bits per heavy atom. The molecular weight excluding hydrogens is 449 g/mol. The number of aryl methyl sites for hydroxylation is 1. The van der Waals surface area contributed by atoms with Gasteiger partial charge in [-0.05, 0) is 36.0 Å². The molecule has 2 aliphatic rings. The Bertz CT molecular complexity index is 1140. The van der Waals surface area contributed by atoms with E-state index in [0.717, 1.165) is 10.5 Å². The lowest BCUT2D eigenvalue weighted by Gasteiger charge is -2.35. The van der Waals surface area contributed by atoms with E-state index in [-0.39, 0.29) is 43.7 Å². The predicted molar refractivity (Wildman–Crippen MR) is 116 cm³/mol. The topological polar surface area (TPSA) is 79.6 Å². The molecule has 0 fully saturated rings. The van der Waals surface area contributed by atoms with Crippen LogP contribution in [-0.2, 0) is 27.3 Å². The largest absolute Gasteiger partial charge is 0.467 e. The summed E-state index contributed by atoms with van der Waals surface area (Å²) >= 11 is 0. The van der Waals surface area contributed by atoms with Crippen LogP contribution in [0.4, 0.5) is 13.2 Å². The number of halogens is 3. The van der Waals surface area contributed by atoms with E-state index in [0.29, 0.717) is 0 Å². The molecule has 0 saturated heterocycles. The van der Waals surface area contributed by atoms with Gasteiger partial charge in [0.05, 0.1) is 18.4 Å². The Morgan fingerprint density at radius 2 is 1.79 bits per heavy atom. The van der Waals surface area contributed by atoms with Gasteiger partial charge in [-0.2, -0.15) is 13.2 Å². The highest BCUT2D eigenvalue weighted by atomic mass is 19.4. The number of ketones is 1. The van der Waals surface area contributed by atoms with Gasteiger partial charge in [0, 0.05) is 18.5 Å². The number of Topliss-reactive ketones (excluding diaryl/α,β-unsaturated/α-hetero) is 1. The van der Waals surface area contributed by atoms with E-state index in [1.165, 1.54) is 12.3 Å². The summed E-state index contributed by atoms with van der Waals surface area (Å²) in [4.78, 5) is 40.3. The van der Waals surface area contributed by atoms with E-state index in [1.54, 1.807) is 50.2 Å². The van der Waals surface area contributed by atoms with Crippen molar-refractivity contribution in [3.63, 3.8) is 0 Å². The lowest BCUT2D eigenvalue weighted by molar-refractivity contribution is -0.194. The van der Waals surface area contributed by atoms with Crippen molar-refractivity contribution >= 4 is 17.6 Å². The van der Waals surface area contributed by atoms with Gasteiger partial charge in [0.2, 0.25) is 11.4 Å². The van der Waals surface area contributed by atoms with Crippen molar-refractivity contribution in [2.75, 3.05) is 0 Å². The number of alkyl halides is 3. The van der Waals surface area contributed by atoms with E-state index in [4.69, 9.17) is 4.42 Å². The van der Waals surface area contributed by atoms with Crippen molar-refractivity contribution in [3.05, 3.63) is 71.3 Å². The second-order valence-electron chi connectivity index (χ2n) is 9.51. The zero-order valence-corrected chi connectivity index (χ0v) is 18.9. The maximum Gasteiger partial charge on any atom is 0.425 e. The molecule has 0 radical (unpaired) electrons. The third kappa shape index (κ3) is 4.15. The molecule has 2 aromatic rings. The van der Waals surface area contributed by atoms with E-state index in [2.05, 4.69) is 0 Å². The maximum atomic E-state index is 14.7. The number of benzene rings is 1. The number of amides is 2. The molecule has 9 heteroatoms. The first-order chi connectivity index (χ1) is 15.9. The van der Waals surface area contributed by atoms with Gasteiger partial charge >= 0.3 is 6.18 Å². The quantitative estimate of drug-likeness (QED) is 0.677. The van der Waals surface area contributed by atoms with E-state index in [9.17, 15) is 27.6 Å². The number of nitrogens with one attached hydrogen (secondary N) is 1. The SMILES string of the molecule is CC1(C)CC(=O)C2=C(C1)N(Cc1ccco1)C(=O)C2(NC(=O)CCc1ccccc1)C(F)(F)F. The summed E-state index contributed by atoms with van der Waals surface area (Å²) in [7, 11) is 0. The highest BCUT2D eigenvalue weighted by Gasteiger charge is 2.71. The molecule has 6 nitrogen and oxygen atoms in total. The van der Waals surface area contributed by atoms with E-state index < -0.39 is 40.3 Å². The molecule has 1 aromatic heterocycles. The van der Waals surface area contributed by atoms with Gasteiger partial charge in [-0.3, -0.25) is 14.4 Å². The molecule has 0 bridgehead atoms. The van der Waals surface area contributed by atoms with Crippen LogP contribution in [0.1, 0.15) is 44.4 Å². The minimum Gasteiger partial charge on any atom is -0.467 e. The van der Waals surface area contributed by atoms with Crippen molar-refractivity contribution < 1.29 is 32.0 Å². The lowest BCUT2D eigenvalue weighted by Crippen LogP contribution is -2.66. The zero-order chi connectivity index (χ0) is 24.7. The first-order valence-corrected chi connectivity index (χ1v) is 11.0. The standard InChI is InChI=1S/C25H25F3N2O4/c1-23(2)13-18-21(19(31)14-23)24(25(26,27)28,22(33)30(18)15-17-9-6-12-34-17)29-20(32)11-10-16-7-4-3-5-8-16/h3-9,12H,10-11,13-15H2,1-2H3,(H,29,32). The summed E-state index contributed by atoms with van der Waals surface area (Å²) in [6, 6.07) is 11.9. The molecule has 180 valence electrons. The summed E-state index contributed by atoms with van der Waals surface area (Å²) in [5.74, 6) is -2.87. The summed E-state index contributed by atoms with van der Waals surface area (Å²) in [5, 5.41) is 1.95. The first kappa shape index (κ1) is 23.8. The van der Waals surface area contributed by atoms with Gasteiger partial charge in [0.15, 0.2) is 5.78 Å². The van der Waals surface area contributed by atoms with Gasteiger partial charge < -0.3 is 14.6 Å². The lowest BCUT2D eigenvalue weighted by atomic mass is 9.72. The van der Waals surface area contributed by atoms with Crippen LogP contribution in [0, 0.1) is 5.41 Å². The Balaban J connectivity index is 1.74. The highest BCUT2D eigenvalue weighted by Crippen LogP contribution is 2.52. The number of carbonyl (C=O) groups excluding carboxylic acids is 3. The van der Waals surface area contributed by atoms with E-state index in [1.807, 2.05) is 5.32 Å². The molecule has 1 aromatic carbocycles. The van der Waals surface area contributed by atoms with Crippen molar-refractivity contribution in [2.24, 2.45) is 5.41 Å². The molecule has 34 heavy (non-hydrogen) atoms. The number of rotatable bonds is 6. The second kappa shape index (κ2) is 8.45. The number of carbonyl (C=O) groups is 3. The van der Waals surface area contributed by atoms with E-state index >= 15 is 0 Å². The number of hydrogen-bond donors (Lipinski definition) is 1. The summed E-state index contributed by atoms with van der Waals surface area (Å²) in [5.41, 5.74) is -3.98. The normalized spacial score (nSPS) is 22.2. The molecule has 1 aliphatic heterocycles.